The van der Waals surface area contributed by atoms with Gasteiger partial charge in [-0.25, -0.2) is 18.1 Å². The number of fused-ring (bicyclic) bond motifs is 2. The van der Waals surface area contributed by atoms with Gasteiger partial charge in [0.25, 0.3) is 0 Å². The van der Waals surface area contributed by atoms with Crippen molar-refractivity contribution < 1.29 is 8.42 Å². The minimum atomic E-state index is -3.66. The normalized spacial score (nSPS) is 12.3. The molecule has 6 nitrogen and oxygen atoms in total. The van der Waals surface area contributed by atoms with Crippen molar-refractivity contribution in [3.63, 3.8) is 0 Å². The zero-order valence-corrected chi connectivity index (χ0v) is 14.5. The van der Waals surface area contributed by atoms with E-state index in [0.717, 1.165) is 5.39 Å². The zero-order valence-electron chi connectivity index (χ0n) is 13.7. The van der Waals surface area contributed by atoms with Crippen molar-refractivity contribution in [3.05, 3.63) is 42.5 Å². The van der Waals surface area contributed by atoms with Crippen molar-refractivity contribution in [1.82, 2.24) is 14.6 Å². The number of pyridine rings is 1. The van der Waals surface area contributed by atoms with E-state index in [1.54, 1.807) is 18.2 Å². The highest BCUT2D eigenvalue weighted by atomic mass is 32.2. The Morgan fingerprint density at radius 3 is 2.54 bits per heavy atom. The molecule has 0 aliphatic carbocycles. The van der Waals surface area contributed by atoms with Crippen LogP contribution in [-0.4, -0.2) is 45.5 Å². The molecule has 1 aromatic heterocycles. The van der Waals surface area contributed by atoms with Crippen LogP contribution in [0.15, 0.2) is 47.4 Å². The summed E-state index contributed by atoms with van der Waals surface area (Å²) >= 11 is 0. The minimum absolute atomic E-state index is 0.149. The molecule has 0 amide bonds. The Kier molecular flexibility index (Phi) is 4.40. The Hall–Kier alpha value is -2.22. The number of nitrogens with two attached hydrogens (primary N) is 1. The van der Waals surface area contributed by atoms with Crippen LogP contribution in [-0.2, 0) is 10.0 Å². The van der Waals surface area contributed by atoms with E-state index in [2.05, 4.69) is 9.71 Å². The number of para-hydroxylation sites is 2. The van der Waals surface area contributed by atoms with Crippen molar-refractivity contribution in [2.45, 2.75) is 4.90 Å². The van der Waals surface area contributed by atoms with Crippen LogP contribution in [0.25, 0.3) is 21.8 Å². The number of hydrogen-bond acceptors (Lipinski definition) is 5. The predicted octanol–water partition coefficient (Wildman–Crippen LogP) is 1.81. The molecule has 24 heavy (non-hydrogen) atoms. The first-order valence-electron chi connectivity index (χ1n) is 7.61. The van der Waals surface area contributed by atoms with E-state index in [0.29, 0.717) is 35.2 Å². The zero-order chi connectivity index (χ0) is 17.3. The highest BCUT2D eigenvalue weighted by molar-refractivity contribution is 7.89. The molecule has 0 bridgehead atoms. The fourth-order valence-corrected chi connectivity index (χ4v) is 3.80. The summed E-state index contributed by atoms with van der Waals surface area (Å²) in [6, 6.07) is 12.5. The first-order chi connectivity index (χ1) is 11.4. The van der Waals surface area contributed by atoms with Crippen LogP contribution in [0.5, 0.6) is 0 Å². The Labute approximate surface area is 141 Å². The predicted molar refractivity (Wildman–Crippen MR) is 97.4 cm³/mol. The molecule has 3 rings (SSSR count). The Bertz CT molecular complexity index is 1000. The van der Waals surface area contributed by atoms with Crippen LogP contribution >= 0.6 is 0 Å². The molecule has 0 aliphatic rings. The summed E-state index contributed by atoms with van der Waals surface area (Å²) in [5.41, 5.74) is 7.86. The Balaban J connectivity index is 2.15. The highest BCUT2D eigenvalue weighted by Crippen LogP contribution is 2.31. The van der Waals surface area contributed by atoms with Crippen molar-refractivity contribution in [1.29, 1.82) is 0 Å². The molecule has 0 unspecified atom stereocenters. The Morgan fingerprint density at radius 2 is 1.79 bits per heavy atom. The van der Waals surface area contributed by atoms with Gasteiger partial charge in [0.2, 0.25) is 10.0 Å². The lowest BCUT2D eigenvalue weighted by molar-refractivity contribution is 0.412. The maximum absolute atomic E-state index is 12.7. The van der Waals surface area contributed by atoms with Crippen LogP contribution in [0.1, 0.15) is 0 Å². The van der Waals surface area contributed by atoms with Crippen LogP contribution in [0.3, 0.4) is 0 Å². The smallest absolute Gasteiger partial charge is 0.242 e. The van der Waals surface area contributed by atoms with Gasteiger partial charge in [-0.3, -0.25) is 0 Å². The molecule has 126 valence electrons. The van der Waals surface area contributed by atoms with E-state index in [9.17, 15) is 8.42 Å². The third-order valence-corrected chi connectivity index (χ3v) is 5.35. The van der Waals surface area contributed by atoms with E-state index in [-0.39, 0.29) is 4.90 Å². The summed E-state index contributed by atoms with van der Waals surface area (Å²) in [6.45, 7) is 0.942. The summed E-state index contributed by atoms with van der Waals surface area (Å²) in [7, 11) is 0.116. The molecule has 1 heterocycles. The van der Waals surface area contributed by atoms with Gasteiger partial charge >= 0.3 is 0 Å². The van der Waals surface area contributed by atoms with Crippen molar-refractivity contribution in [3.8, 4) is 0 Å². The lowest BCUT2D eigenvalue weighted by Gasteiger charge is -2.13. The van der Waals surface area contributed by atoms with E-state index < -0.39 is 10.0 Å². The fourth-order valence-electron chi connectivity index (χ4n) is 2.62. The van der Waals surface area contributed by atoms with Gasteiger partial charge in [0.15, 0.2) is 0 Å². The third-order valence-electron chi connectivity index (χ3n) is 3.86. The number of likely N-dealkylation sites (N-methyl/N-ethyl adjacent to an activating group) is 1. The maximum atomic E-state index is 12.7. The molecule has 0 saturated heterocycles. The molecule has 0 aliphatic heterocycles. The molecular weight excluding hydrogens is 324 g/mol. The summed E-state index contributed by atoms with van der Waals surface area (Å²) in [6.07, 6.45) is 0. The second-order valence-corrected chi connectivity index (χ2v) is 7.63. The van der Waals surface area contributed by atoms with Crippen molar-refractivity contribution in [2.75, 3.05) is 32.9 Å². The molecule has 7 heteroatoms. The van der Waals surface area contributed by atoms with Gasteiger partial charge in [-0.05, 0) is 26.2 Å². The number of nitrogen functional groups attached to an aromatic ring is 1. The number of aromatic nitrogens is 1. The minimum Gasteiger partial charge on any atom is -0.398 e. The van der Waals surface area contributed by atoms with Crippen LogP contribution < -0.4 is 10.5 Å². The molecule has 2 aromatic carbocycles. The first-order valence-corrected chi connectivity index (χ1v) is 9.10. The summed E-state index contributed by atoms with van der Waals surface area (Å²) < 4.78 is 27.9. The highest BCUT2D eigenvalue weighted by Gasteiger charge is 2.19. The van der Waals surface area contributed by atoms with Gasteiger partial charge in [0, 0.05) is 23.9 Å². The molecule has 3 N–H and O–H groups in total. The van der Waals surface area contributed by atoms with Gasteiger partial charge in [0.05, 0.1) is 16.7 Å². The van der Waals surface area contributed by atoms with Gasteiger partial charge in [-0.1, -0.05) is 30.3 Å². The number of sulfonamides is 1. The standard InChI is InChI=1S/C17H20N4O2S/c1-21(2)11-10-19-24(22,23)15-9-5-7-13-16(18)12-6-3-4-8-14(12)20-17(13)15/h3-9,19H,10-11H2,1-2H3,(H2,18,20). The quantitative estimate of drug-likeness (QED) is 0.689. The van der Waals surface area contributed by atoms with Gasteiger partial charge < -0.3 is 10.6 Å². The summed E-state index contributed by atoms with van der Waals surface area (Å²) in [5.74, 6) is 0. The summed E-state index contributed by atoms with van der Waals surface area (Å²) in [4.78, 5) is 6.60. The molecule has 0 atom stereocenters. The van der Waals surface area contributed by atoms with E-state index >= 15 is 0 Å². The monoisotopic (exact) mass is 344 g/mol. The van der Waals surface area contributed by atoms with Crippen LogP contribution in [0, 0.1) is 0 Å². The lowest BCUT2D eigenvalue weighted by Crippen LogP contribution is -2.31. The van der Waals surface area contributed by atoms with E-state index in [4.69, 9.17) is 5.73 Å². The topological polar surface area (TPSA) is 88.3 Å². The lowest BCUT2D eigenvalue weighted by atomic mass is 10.1. The second-order valence-electron chi connectivity index (χ2n) is 5.90. The number of nitrogens with zero attached hydrogens (tertiary/aromatic N) is 2. The Morgan fingerprint density at radius 1 is 1.08 bits per heavy atom. The molecule has 0 radical (unpaired) electrons. The van der Waals surface area contributed by atoms with Gasteiger partial charge in [-0.2, -0.15) is 0 Å². The number of rotatable bonds is 5. The van der Waals surface area contributed by atoms with Crippen molar-refractivity contribution in [2.24, 2.45) is 0 Å². The molecule has 3 aromatic rings. The largest absolute Gasteiger partial charge is 0.398 e. The second kappa shape index (κ2) is 6.35. The average Bonchev–Trinajstić information content (AvgIpc) is 2.54. The molecule has 0 fully saturated rings. The number of nitrogens with one attached hydrogen (secondary N) is 1. The third kappa shape index (κ3) is 3.06. The van der Waals surface area contributed by atoms with Crippen LogP contribution in [0.2, 0.25) is 0 Å². The molecular formula is C17H20N4O2S. The van der Waals surface area contributed by atoms with Crippen LogP contribution in [0.4, 0.5) is 5.69 Å². The number of benzene rings is 2. The number of hydrogen-bond donors (Lipinski definition) is 2. The van der Waals surface area contributed by atoms with Crippen molar-refractivity contribution >= 4 is 37.5 Å². The van der Waals surface area contributed by atoms with Gasteiger partial charge in [-0.15, -0.1) is 0 Å². The number of anilines is 1. The average molecular weight is 344 g/mol. The van der Waals surface area contributed by atoms with Gasteiger partial charge in [0.1, 0.15) is 4.90 Å². The van der Waals surface area contributed by atoms with E-state index in [1.165, 1.54) is 0 Å². The SMILES string of the molecule is CN(C)CCNS(=O)(=O)c1cccc2c(N)c3ccccc3nc12. The molecule has 0 saturated carbocycles. The maximum Gasteiger partial charge on any atom is 0.242 e. The summed E-state index contributed by atoms with van der Waals surface area (Å²) in [5, 5.41) is 1.46. The first kappa shape index (κ1) is 16.6. The molecule has 0 spiro atoms. The fraction of sp³-hybridized carbons (Fsp3) is 0.235. The van der Waals surface area contributed by atoms with E-state index in [1.807, 2.05) is 43.3 Å².